The smallest absolute Gasteiger partial charge is 0.872 e. The van der Waals surface area contributed by atoms with Crippen LogP contribution in [0.5, 0.6) is 11.5 Å². The van der Waals surface area contributed by atoms with Crippen molar-refractivity contribution in [2.75, 3.05) is 0 Å². The molecule has 2 aromatic rings. The van der Waals surface area contributed by atoms with Crippen LogP contribution in [0.2, 0.25) is 0 Å². The predicted molar refractivity (Wildman–Crippen MR) is 65.7 cm³/mol. The average Bonchev–Trinajstić information content (AvgIpc) is 2.40. The molecule has 2 rings (SSSR count). The molecule has 6 nitrogen and oxygen atoms in total. The number of hydrogen-bond acceptors (Lipinski definition) is 4. The zero-order valence-corrected chi connectivity index (χ0v) is 11.4. The number of carboxylic acid groups (broad SMARTS) is 2. The molecule has 0 saturated heterocycles. The van der Waals surface area contributed by atoms with E-state index in [0.717, 1.165) is 0 Å². The van der Waals surface area contributed by atoms with E-state index in [1.807, 2.05) is 0 Å². The Kier molecular flexibility index (Phi) is 7.60. The van der Waals surface area contributed by atoms with E-state index in [1.54, 1.807) is 0 Å². The van der Waals surface area contributed by atoms with Crippen molar-refractivity contribution < 1.29 is 47.1 Å². The van der Waals surface area contributed by atoms with Crippen molar-refractivity contribution in [1.29, 1.82) is 0 Å². The monoisotopic (exact) mass is 337 g/mol. The maximum atomic E-state index is 10.5. The van der Waals surface area contributed by atoms with Gasteiger partial charge in [0.2, 0.25) is 0 Å². The summed E-state index contributed by atoms with van der Waals surface area (Å²) in [5.74, 6) is -2.38. The maximum Gasteiger partial charge on any atom is 2.00 e. The summed E-state index contributed by atoms with van der Waals surface area (Å²) in [4.78, 5) is 20.4. The Balaban J connectivity index is 0.000000364. The van der Waals surface area contributed by atoms with Gasteiger partial charge in [-0.2, -0.15) is 0 Å². The van der Waals surface area contributed by atoms with E-state index in [9.17, 15) is 19.8 Å². The molecule has 2 aromatic carbocycles. The fourth-order valence-electron chi connectivity index (χ4n) is 1.20. The van der Waals surface area contributed by atoms with Crippen molar-refractivity contribution in [3.05, 3.63) is 59.7 Å². The molecule has 7 heteroatoms. The van der Waals surface area contributed by atoms with Gasteiger partial charge in [-0.15, -0.1) is 11.5 Å². The summed E-state index contributed by atoms with van der Waals surface area (Å²) in [7, 11) is 0. The van der Waals surface area contributed by atoms with E-state index < -0.39 is 11.9 Å². The van der Waals surface area contributed by atoms with Crippen LogP contribution < -0.4 is 10.2 Å². The Morgan fingerprint density at radius 3 is 1.10 bits per heavy atom. The summed E-state index contributed by atoms with van der Waals surface area (Å²) in [5.41, 5.74) is 0.277. The first-order chi connectivity index (χ1) is 9.40. The maximum absolute atomic E-state index is 10.5. The molecule has 0 aliphatic carbocycles. The summed E-state index contributed by atoms with van der Waals surface area (Å²) in [6.07, 6.45) is 0. The van der Waals surface area contributed by atoms with Crippen LogP contribution in [0.1, 0.15) is 20.7 Å². The Hall–Kier alpha value is -2.50. The van der Waals surface area contributed by atoms with Gasteiger partial charge in [0.15, 0.2) is 0 Å². The van der Waals surface area contributed by atoms with Gasteiger partial charge in [0, 0.05) is 0 Å². The Morgan fingerprint density at radius 2 is 0.905 bits per heavy atom. The number of rotatable bonds is 2. The summed E-state index contributed by atoms with van der Waals surface area (Å²) in [5, 5.41) is 37.6. The SMILES string of the molecule is O=C(O)c1ccc([O-])cc1.O=C(O)c1ccc([O-])cc1.[Cu+2]. The van der Waals surface area contributed by atoms with Gasteiger partial charge in [-0.3, -0.25) is 0 Å². The van der Waals surface area contributed by atoms with Gasteiger partial charge in [-0.1, -0.05) is 24.3 Å². The minimum absolute atomic E-state index is 0. The summed E-state index contributed by atoms with van der Waals surface area (Å²) >= 11 is 0. The van der Waals surface area contributed by atoms with Crippen molar-refractivity contribution in [1.82, 2.24) is 0 Å². The minimum Gasteiger partial charge on any atom is -0.872 e. The van der Waals surface area contributed by atoms with Crippen molar-refractivity contribution in [2.45, 2.75) is 0 Å². The number of benzene rings is 2. The van der Waals surface area contributed by atoms with Crippen molar-refractivity contribution in [2.24, 2.45) is 0 Å². The van der Waals surface area contributed by atoms with Gasteiger partial charge in [0.05, 0.1) is 11.1 Å². The summed E-state index contributed by atoms with van der Waals surface area (Å²) < 4.78 is 0. The third-order valence-electron chi connectivity index (χ3n) is 2.20. The van der Waals surface area contributed by atoms with Crippen LogP contribution in [0.25, 0.3) is 0 Å². The first kappa shape index (κ1) is 18.5. The molecule has 21 heavy (non-hydrogen) atoms. The number of aromatic carboxylic acids is 2. The number of hydrogen-bond donors (Lipinski definition) is 2. The molecular formula is C14H10CuO6. The third-order valence-corrected chi connectivity index (χ3v) is 2.20. The zero-order chi connectivity index (χ0) is 15.1. The van der Waals surface area contributed by atoms with Crippen LogP contribution in [0.3, 0.4) is 0 Å². The molecule has 0 bridgehead atoms. The molecule has 0 heterocycles. The largest absolute Gasteiger partial charge is 2.00 e. The zero-order valence-electron chi connectivity index (χ0n) is 10.4. The second-order valence-electron chi connectivity index (χ2n) is 3.66. The van der Waals surface area contributed by atoms with Gasteiger partial charge < -0.3 is 20.4 Å². The van der Waals surface area contributed by atoms with Crippen LogP contribution in [-0.2, 0) is 17.1 Å². The minimum atomic E-state index is -1.01. The van der Waals surface area contributed by atoms with Crippen LogP contribution in [0.15, 0.2) is 48.5 Å². The van der Waals surface area contributed by atoms with E-state index in [1.165, 1.54) is 48.5 Å². The molecule has 0 fully saturated rings. The van der Waals surface area contributed by atoms with Crippen LogP contribution in [0.4, 0.5) is 0 Å². The van der Waals surface area contributed by atoms with Gasteiger partial charge in [0.1, 0.15) is 0 Å². The van der Waals surface area contributed by atoms with E-state index in [-0.39, 0.29) is 39.7 Å². The van der Waals surface area contributed by atoms with E-state index >= 15 is 0 Å². The van der Waals surface area contributed by atoms with Gasteiger partial charge >= 0.3 is 29.0 Å². The molecule has 113 valence electrons. The Labute approximate surface area is 130 Å². The van der Waals surface area contributed by atoms with Crippen molar-refractivity contribution in [3.63, 3.8) is 0 Å². The molecular weight excluding hydrogens is 328 g/mol. The fourth-order valence-corrected chi connectivity index (χ4v) is 1.20. The molecule has 1 radical (unpaired) electrons. The molecule has 0 amide bonds. The third kappa shape index (κ3) is 6.47. The van der Waals surface area contributed by atoms with Crippen LogP contribution >= 0.6 is 0 Å². The molecule has 0 aromatic heterocycles. The first-order valence-electron chi connectivity index (χ1n) is 5.41. The first-order valence-corrected chi connectivity index (χ1v) is 5.41. The number of carboxylic acids is 2. The molecule has 0 aliphatic heterocycles. The van der Waals surface area contributed by atoms with Crippen LogP contribution in [0, 0.1) is 0 Å². The van der Waals surface area contributed by atoms with E-state index in [4.69, 9.17) is 10.2 Å². The molecule has 0 atom stereocenters. The van der Waals surface area contributed by atoms with Crippen molar-refractivity contribution >= 4 is 11.9 Å². The van der Waals surface area contributed by atoms with Crippen LogP contribution in [-0.4, -0.2) is 22.2 Å². The van der Waals surface area contributed by atoms with Gasteiger partial charge in [-0.25, -0.2) is 9.59 Å². The Bertz CT molecular complexity index is 536. The quantitative estimate of drug-likeness (QED) is 0.786. The molecule has 0 spiro atoms. The predicted octanol–water partition coefficient (Wildman–Crippen LogP) is 0.914. The molecule has 0 saturated carbocycles. The average molecular weight is 338 g/mol. The number of carbonyl (C=O) groups is 2. The summed E-state index contributed by atoms with van der Waals surface area (Å²) in [6, 6.07) is 10.0. The van der Waals surface area contributed by atoms with Crippen molar-refractivity contribution in [3.8, 4) is 11.5 Å². The molecule has 0 aliphatic rings. The fraction of sp³-hybridized carbons (Fsp3) is 0. The molecule has 2 N–H and O–H groups in total. The van der Waals surface area contributed by atoms with E-state index in [0.29, 0.717) is 0 Å². The standard InChI is InChI=1S/2C7H6O3.Cu/c2*8-6-3-1-5(2-4-6)7(9)10;/h2*1-4,8H,(H,9,10);/q;;+2/p-2. The topological polar surface area (TPSA) is 121 Å². The Morgan fingerprint density at radius 1 is 0.667 bits per heavy atom. The second-order valence-corrected chi connectivity index (χ2v) is 3.66. The van der Waals surface area contributed by atoms with Gasteiger partial charge in [-0.05, 0) is 24.3 Å². The molecule has 0 unspecified atom stereocenters. The van der Waals surface area contributed by atoms with Gasteiger partial charge in [0.25, 0.3) is 0 Å². The van der Waals surface area contributed by atoms with E-state index in [2.05, 4.69) is 0 Å². The second kappa shape index (κ2) is 8.63. The summed E-state index contributed by atoms with van der Waals surface area (Å²) in [6.45, 7) is 0. The normalized spacial score (nSPS) is 8.76.